The van der Waals surface area contributed by atoms with Crippen molar-refractivity contribution >= 4 is 7.82 Å². The van der Waals surface area contributed by atoms with Gasteiger partial charge < -0.3 is 14.4 Å². The van der Waals surface area contributed by atoms with Crippen LogP contribution in [0.2, 0.25) is 0 Å². The second kappa shape index (κ2) is 8.94. The first-order valence-corrected chi connectivity index (χ1v) is 2.77. The van der Waals surface area contributed by atoms with E-state index in [1.165, 1.54) is 0 Å². The van der Waals surface area contributed by atoms with Crippen LogP contribution in [0.4, 0.5) is 0 Å². The van der Waals surface area contributed by atoms with Crippen molar-refractivity contribution in [3.8, 4) is 0 Å². The maximum atomic E-state index is 9.36. The van der Waals surface area contributed by atoms with Crippen molar-refractivity contribution in [2.75, 3.05) is 7.11 Å². The van der Waals surface area contributed by atoms with Crippen LogP contribution >= 0.6 is 7.82 Å². The first kappa shape index (κ1) is 22.5. The largest absolute Gasteiger partial charge is 0.788 e. The van der Waals surface area contributed by atoms with Gasteiger partial charge in [0.05, 0.1) is 7.11 Å². The van der Waals surface area contributed by atoms with E-state index in [9.17, 15) is 14.4 Å². The number of hydrogen-bond donors (Lipinski definition) is 0. The van der Waals surface area contributed by atoms with E-state index in [2.05, 4.69) is 9.56 Å². The van der Waals surface area contributed by atoms with Gasteiger partial charge in [0, 0.05) is 7.43 Å². The predicted molar refractivity (Wildman–Crippen MR) is 35.6 cm³/mol. The van der Waals surface area contributed by atoms with Gasteiger partial charge >= 0.3 is 0 Å². The van der Waals surface area contributed by atoms with Gasteiger partial charge in [-0.2, -0.15) is 0 Å². The molecule has 0 unspecified atom stereocenters. The summed E-state index contributed by atoms with van der Waals surface area (Å²) < 4.78 is 12.5. The van der Waals surface area contributed by atoms with Crippen LogP contribution in [0.25, 0.3) is 0 Å². The molecule has 0 saturated heterocycles. The Morgan fingerprint density at radius 2 is 1.60 bits per heavy atom. The van der Waals surface area contributed by atoms with Crippen LogP contribution in [0.1, 0.15) is 14.9 Å². The highest BCUT2D eigenvalue weighted by molar-refractivity contribution is 7.43. The molecule has 0 rings (SSSR count). The Hall–Kier alpha value is -0.0600. The lowest BCUT2D eigenvalue weighted by atomic mass is 11.8. The molecule has 0 N–H and O–H groups in total. The molecule has 0 aromatic carbocycles. The Balaban J connectivity index is -0.0000000600. The molecule has 0 fully saturated rings. The van der Waals surface area contributed by atoms with E-state index in [-0.39, 0.29) is 22.3 Å². The maximum Gasteiger partial charge on any atom is 0.100 e. The van der Waals surface area contributed by atoms with Crippen LogP contribution < -0.4 is 9.79 Å². The summed E-state index contributed by atoms with van der Waals surface area (Å²) >= 11 is 0. The highest BCUT2D eigenvalue weighted by Crippen LogP contribution is 2.23. The fourth-order valence-corrected chi connectivity index (χ4v) is 0.274. The molecule has 10 heavy (non-hydrogen) atoms. The molecule has 0 amide bonds. The monoisotopic (exact) mass is 173 g/mol. The van der Waals surface area contributed by atoms with Gasteiger partial charge in [0.2, 0.25) is 0 Å². The fourth-order valence-electron chi connectivity index (χ4n) is 0.0913. The van der Waals surface area contributed by atoms with Crippen molar-refractivity contribution in [2.24, 2.45) is 0 Å². The molecule has 0 aromatic heterocycles. The van der Waals surface area contributed by atoms with Gasteiger partial charge in [-0.25, -0.2) is 9.56 Å². The van der Waals surface area contributed by atoms with Gasteiger partial charge in [0.1, 0.15) is 7.82 Å². The van der Waals surface area contributed by atoms with E-state index in [0.717, 1.165) is 7.11 Å². The Morgan fingerprint density at radius 3 is 1.60 bits per heavy atom. The molecular weight excluding hydrogens is 159 g/mol. The van der Waals surface area contributed by atoms with Gasteiger partial charge in [-0.05, 0) is 0 Å². The SMILES string of the molecule is C.C.COOP(=O)([O-])[O-].[CH3+]. The van der Waals surface area contributed by atoms with Crippen molar-refractivity contribution < 1.29 is 23.9 Å². The minimum atomic E-state index is -4.89. The minimum Gasteiger partial charge on any atom is -0.788 e. The van der Waals surface area contributed by atoms with E-state index >= 15 is 0 Å². The normalized spacial score (nSPS) is 8.30. The van der Waals surface area contributed by atoms with Crippen molar-refractivity contribution in [3.63, 3.8) is 0 Å². The molecule has 5 nitrogen and oxygen atoms in total. The lowest BCUT2D eigenvalue weighted by Gasteiger charge is -2.24. The molecule has 0 aliphatic rings. The topological polar surface area (TPSA) is 81.7 Å². The summed E-state index contributed by atoms with van der Waals surface area (Å²) in [5.74, 6) is 0. The summed E-state index contributed by atoms with van der Waals surface area (Å²) in [6, 6.07) is 0. The lowest BCUT2D eigenvalue weighted by molar-refractivity contribution is -0.384. The molecule has 0 atom stereocenters. The van der Waals surface area contributed by atoms with Crippen LogP contribution in [0.5, 0.6) is 0 Å². The molecule has 0 heterocycles. The Morgan fingerprint density at radius 1 is 1.30 bits per heavy atom. The second-order valence-corrected chi connectivity index (χ2v) is 1.73. The molecular formula is C4H14O5P-. The molecule has 0 saturated carbocycles. The predicted octanol–water partition coefficient (Wildman–Crippen LogP) is 0.116. The zero-order valence-corrected chi connectivity index (χ0v) is 5.38. The smallest absolute Gasteiger partial charge is 0.100 e. The van der Waals surface area contributed by atoms with E-state index in [4.69, 9.17) is 0 Å². The van der Waals surface area contributed by atoms with Gasteiger partial charge in [0.15, 0.2) is 0 Å². The Bertz CT molecular complexity index is 87.6. The molecule has 0 aromatic rings. The third-order valence-electron chi connectivity index (χ3n) is 0.166. The van der Waals surface area contributed by atoms with Crippen LogP contribution in [-0.2, 0) is 14.1 Å². The summed E-state index contributed by atoms with van der Waals surface area (Å²) in [6.45, 7) is 0. The van der Waals surface area contributed by atoms with Crippen LogP contribution in [-0.4, -0.2) is 7.11 Å². The molecule has 66 valence electrons. The summed E-state index contributed by atoms with van der Waals surface area (Å²) in [7, 11) is -3.95. The average molecular weight is 173 g/mol. The zero-order valence-electron chi connectivity index (χ0n) is 4.49. The number of hydrogen-bond acceptors (Lipinski definition) is 5. The van der Waals surface area contributed by atoms with Crippen molar-refractivity contribution in [2.45, 2.75) is 14.9 Å². The lowest BCUT2D eigenvalue weighted by Crippen LogP contribution is -2.15. The van der Waals surface area contributed by atoms with Gasteiger partial charge in [-0.15, -0.1) is 0 Å². The quantitative estimate of drug-likeness (QED) is 0.256. The van der Waals surface area contributed by atoms with Gasteiger partial charge in [0.25, 0.3) is 0 Å². The summed E-state index contributed by atoms with van der Waals surface area (Å²) in [4.78, 5) is 22.2. The first-order valence-electron chi connectivity index (χ1n) is 1.31. The second-order valence-electron chi connectivity index (χ2n) is 0.688. The summed E-state index contributed by atoms with van der Waals surface area (Å²) in [6.07, 6.45) is 0. The first-order chi connectivity index (χ1) is 3.06. The zero-order chi connectivity index (χ0) is 5.91. The Labute approximate surface area is 62.1 Å². The minimum absolute atomic E-state index is 0. The van der Waals surface area contributed by atoms with E-state index in [1.807, 2.05) is 0 Å². The standard InChI is InChI=1S/CH5O5P.2CH4.CH3/c1-5-6-7(2,3)4;;;/h1H3,(H2,2,3,4);2*1H4;1H3/q;;;+1/p-2. The number of rotatable bonds is 2. The van der Waals surface area contributed by atoms with Crippen LogP contribution in [0, 0.1) is 7.43 Å². The average Bonchev–Trinajstić information content (AvgIpc) is 1.30. The third kappa shape index (κ3) is 24.6. The van der Waals surface area contributed by atoms with Crippen molar-refractivity contribution in [1.82, 2.24) is 0 Å². The molecule has 6 heteroatoms. The summed E-state index contributed by atoms with van der Waals surface area (Å²) in [5, 5.41) is 0. The van der Waals surface area contributed by atoms with E-state index in [0.29, 0.717) is 0 Å². The third-order valence-corrected chi connectivity index (χ3v) is 0.497. The maximum absolute atomic E-state index is 9.36. The van der Waals surface area contributed by atoms with Crippen molar-refractivity contribution in [1.29, 1.82) is 0 Å². The van der Waals surface area contributed by atoms with Crippen molar-refractivity contribution in [3.05, 3.63) is 7.43 Å². The molecule has 0 spiro atoms. The highest BCUT2D eigenvalue weighted by Gasteiger charge is 1.83. The molecule has 0 aliphatic heterocycles. The van der Waals surface area contributed by atoms with Gasteiger partial charge in [-0.1, -0.05) is 14.9 Å². The molecule has 0 bridgehead atoms. The number of phosphoric acid groups is 1. The fraction of sp³-hybridized carbons (Fsp3) is 0.750. The van der Waals surface area contributed by atoms with Crippen LogP contribution in [0.3, 0.4) is 0 Å². The Kier molecular flexibility index (Phi) is 20.1. The summed E-state index contributed by atoms with van der Waals surface area (Å²) in [5.41, 5.74) is 0. The van der Waals surface area contributed by atoms with E-state index in [1.54, 1.807) is 0 Å². The molecule has 0 aliphatic carbocycles. The van der Waals surface area contributed by atoms with E-state index < -0.39 is 7.82 Å². The van der Waals surface area contributed by atoms with Crippen LogP contribution in [0.15, 0.2) is 0 Å². The van der Waals surface area contributed by atoms with Gasteiger partial charge in [-0.3, -0.25) is 0 Å². The molecule has 0 radical (unpaired) electrons. The highest BCUT2D eigenvalue weighted by atomic mass is 31.2.